The van der Waals surface area contributed by atoms with Crippen LogP contribution in [0, 0.1) is 21.5 Å². The summed E-state index contributed by atoms with van der Waals surface area (Å²) in [6, 6.07) is 11.2. The second kappa shape index (κ2) is 5.83. The number of benzene rings is 1. The number of aryl methyl sites for hydroxylation is 1. The van der Waals surface area contributed by atoms with E-state index in [1.54, 1.807) is 6.07 Å². The van der Waals surface area contributed by atoms with Crippen LogP contribution in [0.1, 0.15) is 24.2 Å². The molecule has 20 heavy (non-hydrogen) atoms. The highest BCUT2D eigenvalue weighted by Crippen LogP contribution is 2.27. The van der Waals surface area contributed by atoms with Crippen LogP contribution in [0.5, 0.6) is 0 Å². The molecule has 0 aliphatic carbocycles. The molecule has 6 heteroatoms. The smallest absolute Gasteiger partial charge is 0.327 e. The van der Waals surface area contributed by atoms with E-state index < -0.39 is 4.92 Å². The van der Waals surface area contributed by atoms with Gasteiger partial charge in [-0.25, -0.2) is 0 Å². The maximum atomic E-state index is 11.2. The Hall–Kier alpha value is -2.21. The molecule has 1 heterocycles. The minimum Gasteiger partial charge on any atom is -0.359 e. The van der Waals surface area contributed by atoms with Gasteiger partial charge in [0.05, 0.1) is 11.0 Å². The molecule has 2 rings (SSSR count). The van der Waals surface area contributed by atoms with Gasteiger partial charge >= 0.3 is 5.69 Å². The maximum absolute atomic E-state index is 11.2. The van der Waals surface area contributed by atoms with E-state index in [0.717, 1.165) is 11.3 Å². The summed E-state index contributed by atoms with van der Waals surface area (Å²) in [5.74, 6) is 0.344. The first-order chi connectivity index (χ1) is 9.49. The van der Waals surface area contributed by atoms with Crippen LogP contribution in [-0.4, -0.2) is 9.91 Å². The van der Waals surface area contributed by atoms with Crippen molar-refractivity contribution in [3.8, 4) is 0 Å². The van der Waals surface area contributed by atoms with Crippen LogP contribution in [0.3, 0.4) is 0 Å². The number of hydrogen-bond donors (Lipinski definition) is 2. The van der Waals surface area contributed by atoms with Gasteiger partial charge in [-0.2, -0.15) is 0 Å². The van der Waals surface area contributed by atoms with Crippen LogP contribution in [0.25, 0.3) is 0 Å². The molecule has 5 nitrogen and oxygen atoms in total. The van der Waals surface area contributed by atoms with E-state index in [4.69, 9.17) is 12.2 Å². The van der Waals surface area contributed by atoms with Crippen molar-refractivity contribution in [1.29, 1.82) is 0 Å². The number of rotatable bonds is 4. The molecular weight excluding hydrogens is 274 g/mol. The molecule has 104 valence electrons. The Labute approximate surface area is 121 Å². The van der Waals surface area contributed by atoms with Gasteiger partial charge in [0.25, 0.3) is 0 Å². The Balaban J connectivity index is 2.38. The fourth-order valence-corrected chi connectivity index (χ4v) is 2.36. The highest BCUT2D eigenvalue weighted by molar-refractivity contribution is 7.71. The van der Waals surface area contributed by atoms with E-state index in [1.165, 1.54) is 0 Å². The Morgan fingerprint density at radius 3 is 2.60 bits per heavy atom. The summed E-state index contributed by atoms with van der Waals surface area (Å²) in [4.78, 5) is 13.7. The van der Waals surface area contributed by atoms with Crippen LogP contribution in [0.2, 0.25) is 0 Å². The van der Waals surface area contributed by atoms with Gasteiger partial charge in [0.15, 0.2) is 5.82 Å². The van der Waals surface area contributed by atoms with Crippen LogP contribution < -0.4 is 5.32 Å². The normalized spacial score (nSPS) is 11.9. The zero-order valence-electron chi connectivity index (χ0n) is 11.2. The summed E-state index contributed by atoms with van der Waals surface area (Å²) >= 11 is 5.07. The average molecular weight is 289 g/mol. The SMILES string of the molecule is Cc1cc(=S)c([N+](=O)[O-])c(NC(C)c2ccccc2)[nH]1. The van der Waals surface area contributed by atoms with Gasteiger partial charge in [-0.15, -0.1) is 0 Å². The van der Waals surface area contributed by atoms with Crippen molar-refractivity contribution < 1.29 is 4.92 Å². The maximum Gasteiger partial charge on any atom is 0.327 e. The lowest BCUT2D eigenvalue weighted by Gasteiger charge is -2.16. The van der Waals surface area contributed by atoms with Crippen LogP contribution in [0.15, 0.2) is 36.4 Å². The summed E-state index contributed by atoms with van der Waals surface area (Å²) in [5.41, 5.74) is 1.74. The molecule has 0 saturated carbocycles. The Kier molecular flexibility index (Phi) is 4.14. The van der Waals surface area contributed by atoms with Crippen LogP contribution in [0.4, 0.5) is 11.5 Å². The lowest BCUT2D eigenvalue weighted by atomic mass is 10.1. The van der Waals surface area contributed by atoms with E-state index in [0.29, 0.717) is 5.82 Å². The number of nitrogens with one attached hydrogen (secondary N) is 2. The highest BCUT2D eigenvalue weighted by Gasteiger charge is 2.19. The first-order valence-corrected chi connectivity index (χ1v) is 6.59. The molecule has 1 aromatic heterocycles. The van der Waals surface area contributed by atoms with Crippen molar-refractivity contribution in [2.24, 2.45) is 0 Å². The number of nitro groups is 1. The summed E-state index contributed by atoms with van der Waals surface area (Å²) in [6.45, 7) is 3.76. The topological polar surface area (TPSA) is 71.0 Å². The molecule has 1 atom stereocenters. The van der Waals surface area contributed by atoms with E-state index >= 15 is 0 Å². The number of H-pyrrole nitrogens is 1. The number of aromatic nitrogens is 1. The number of nitrogens with zero attached hydrogens (tertiary/aromatic N) is 1. The fourth-order valence-electron chi connectivity index (χ4n) is 2.01. The second-order valence-electron chi connectivity index (χ2n) is 4.57. The van der Waals surface area contributed by atoms with Crippen LogP contribution >= 0.6 is 12.2 Å². The predicted octanol–water partition coefficient (Wildman–Crippen LogP) is 4.13. The van der Waals surface area contributed by atoms with Gasteiger partial charge in [-0.05, 0) is 25.5 Å². The van der Waals surface area contributed by atoms with Gasteiger partial charge in [0.1, 0.15) is 4.51 Å². The number of pyridine rings is 1. The standard InChI is InChI=1S/C14H15N3O2S/c1-9-8-12(20)13(17(18)19)14(15-9)16-10(2)11-6-4-3-5-7-11/h3-8,10H,1-2H3,(H2,15,16,20). The van der Waals surface area contributed by atoms with Crippen molar-refractivity contribution in [1.82, 2.24) is 4.98 Å². The van der Waals surface area contributed by atoms with Crippen molar-refractivity contribution in [3.63, 3.8) is 0 Å². The lowest BCUT2D eigenvalue weighted by Crippen LogP contribution is -2.10. The summed E-state index contributed by atoms with van der Waals surface area (Å²) in [5, 5.41) is 14.3. The van der Waals surface area contributed by atoms with Gasteiger partial charge in [-0.3, -0.25) is 10.1 Å². The molecule has 0 amide bonds. The molecule has 2 aromatic rings. The molecule has 0 aliphatic heterocycles. The zero-order chi connectivity index (χ0) is 14.7. The monoisotopic (exact) mass is 289 g/mol. The molecule has 0 aliphatic rings. The first kappa shape index (κ1) is 14.2. The minimum atomic E-state index is -0.460. The molecule has 0 spiro atoms. The third kappa shape index (κ3) is 3.03. The molecule has 1 unspecified atom stereocenters. The molecule has 0 bridgehead atoms. The highest BCUT2D eigenvalue weighted by atomic mass is 32.1. The quantitative estimate of drug-likeness (QED) is 0.504. The second-order valence-corrected chi connectivity index (χ2v) is 5.01. The largest absolute Gasteiger partial charge is 0.359 e. The van der Waals surface area contributed by atoms with E-state index in [1.807, 2.05) is 44.2 Å². The van der Waals surface area contributed by atoms with E-state index in [-0.39, 0.29) is 16.2 Å². The van der Waals surface area contributed by atoms with Gasteiger partial charge < -0.3 is 10.3 Å². The Bertz CT molecular complexity index is 683. The van der Waals surface area contributed by atoms with Crippen molar-refractivity contribution in [2.45, 2.75) is 19.9 Å². The van der Waals surface area contributed by atoms with E-state index in [9.17, 15) is 10.1 Å². The third-order valence-electron chi connectivity index (χ3n) is 2.98. The van der Waals surface area contributed by atoms with Gasteiger partial charge in [0, 0.05) is 5.69 Å². The van der Waals surface area contributed by atoms with Crippen molar-refractivity contribution in [2.75, 3.05) is 5.32 Å². The van der Waals surface area contributed by atoms with Crippen molar-refractivity contribution in [3.05, 3.63) is 62.3 Å². The fraction of sp³-hybridized carbons (Fsp3) is 0.214. The molecule has 0 radical (unpaired) electrons. The van der Waals surface area contributed by atoms with E-state index in [2.05, 4.69) is 10.3 Å². The number of anilines is 1. The first-order valence-electron chi connectivity index (χ1n) is 6.19. The number of hydrogen-bond acceptors (Lipinski definition) is 4. The zero-order valence-corrected chi connectivity index (χ0v) is 12.0. The molecule has 0 saturated heterocycles. The Morgan fingerprint density at radius 1 is 1.35 bits per heavy atom. The summed E-state index contributed by atoms with van der Waals surface area (Å²) < 4.78 is 0.231. The average Bonchev–Trinajstić information content (AvgIpc) is 2.38. The van der Waals surface area contributed by atoms with Crippen LogP contribution in [-0.2, 0) is 0 Å². The molecule has 0 fully saturated rings. The number of aromatic amines is 1. The predicted molar refractivity (Wildman–Crippen MR) is 81.5 cm³/mol. The minimum absolute atomic E-state index is 0.0673. The lowest BCUT2D eigenvalue weighted by molar-refractivity contribution is -0.384. The van der Waals surface area contributed by atoms with Gasteiger partial charge in [0.2, 0.25) is 0 Å². The van der Waals surface area contributed by atoms with Gasteiger partial charge in [-0.1, -0.05) is 42.5 Å². The Morgan fingerprint density at radius 2 is 2.00 bits per heavy atom. The molecular formula is C14H15N3O2S. The third-order valence-corrected chi connectivity index (χ3v) is 3.29. The summed E-state index contributed by atoms with van der Waals surface area (Å²) in [7, 11) is 0. The summed E-state index contributed by atoms with van der Waals surface area (Å²) in [6.07, 6.45) is 0. The van der Waals surface area contributed by atoms with Crippen molar-refractivity contribution >= 4 is 23.7 Å². The molecule has 2 N–H and O–H groups in total. The molecule has 1 aromatic carbocycles.